The third-order valence-electron chi connectivity index (χ3n) is 9.24. The first-order valence-electron chi connectivity index (χ1n) is 18.9. The normalized spacial score (nSPS) is 12.3. The molecule has 60 heavy (non-hydrogen) atoms. The van der Waals surface area contributed by atoms with E-state index in [0.29, 0.717) is 91.9 Å². The zero-order valence-electron chi connectivity index (χ0n) is 32.9. The molecule has 6 rings (SSSR count). The van der Waals surface area contributed by atoms with E-state index in [-0.39, 0.29) is 30.9 Å². The highest BCUT2D eigenvalue weighted by atomic mass is 32.1. The fourth-order valence-electron chi connectivity index (χ4n) is 6.23. The number of aliphatic hydroxyl groups excluding tert-OH is 1. The number of halogens is 4. The van der Waals surface area contributed by atoms with Gasteiger partial charge in [0, 0.05) is 56.7 Å². The van der Waals surface area contributed by atoms with Crippen molar-refractivity contribution < 1.29 is 41.6 Å². The summed E-state index contributed by atoms with van der Waals surface area (Å²) < 4.78 is 80.2. The molecule has 0 amide bonds. The second-order valence-corrected chi connectivity index (χ2v) is 14.6. The molecular formula is C41H44F4N8O6S. The van der Waals surface area contributed by atoms with Crippen molar-refractivity contribution >= 4 is 44.5 Å². The van der Waals surface area contributed by atoms with Crippen LogP contribution in [-0.4, -0.2) is 76.4 Å². The number of aliphatic imine (C=N–C) groups is 1. The third-order valence-corrected chi connectivity index (χ3v) is 10.3. The molecular weight excluding hydrogens is 809 g/mol. The van der Waals surface area contributed by atoms with Gasteiger partial charge >= 0.3 is 6.18 Å². The molecule has 0 radical (unpaired) electrons. The van der Waals surface area contributed by atoms with E-state index >= 15 is 0 Å². The molecule has 0 atom stereocenters. The SMILES string of the molecule is COc1cccc(Cn2ncc3c4sc(COCC/C(C=NCCCOc5ccc(OCc6ccc(F)c(C(F)(F)F)c6)c(CNCCO)c5)=N/N)nc4n(C)c3c2=O)c1. The maximum atomic E-state index is 13.7. The number of benzene rings is 3. The molecule has 0 saturated carbocycles. The largest absolute Gasteiger partial charge is 0.497 e. The molecule has 3 heterocycles. The van der Waals surface area contributed by atoms with Gasteiger partial charge in [-0.1, -0.05) is 18.2 Å². The number of hydrogen-bond donors (Lipinski definition) is 3. The van der Waals surface area contributed by atoms with E-state index in [4.69, 9.17) is 29.8 Å². The standard InChI is InChI=1S/C41H44F4N8O6S/c1-52-37-32(22-49-53(40(37)55)23-26-5-3-6-30(17-26)56-2)38-39(52)50-36(60-38)25-57-16-11-29(51-46)21-47-12-4-15-58-31-8-10-35(28(19-31)20-48-13-14-54)59-24-27-7-9-34(42)33(18-27)41(43,44)45/h3,5-10,17-19,21-22,48,54H,4,11-16,20,23-25,46H2,1-2H3/b47-21?,51-29-. The molecule has 0 spiro atoms. The van der Waals surface area contributed by atoms with Crippen LogP contribution in [0.5, 0.6) is 17.2 Å². The first-order chi connectivity index (χ1) is 29.0. The van der Waals surface area contributed by atoms with Crippen LogP contribution in [0.1, 0.15) is 40.1 Å². The van der Waals surface area contributed by atoms with E-state index in [1.807, 2.05) is 31.3 Å². The van der Waals surface area contributed by atoms with Crippen LogP contribution in [0.15, 0.2) is 81.7 Å². The van der Waals surface area contributed by atoms with Crippen molar-refractivity contribution in [2.75, 3.05) is 40.0 Å². The summed E-state index contributed by atoms with van der Waals surface area (Å²) in [5.41, 5.74) is 1.90. The summed E-state index contributed by atoms with van der Waals surface area (Å²) in [6.07, 6.45) is -0.533. The smallest absolute Gasteiger partial charge is 0.419 e. The topological polar surface area (TPSA) is 173 Å². The lowest BCUT2D eigenvalue weighted by Crippen LogP contribution is -2.24. The Hall–Kier alpha value is -5.89. The zero-order chi connectivity index (χ0) is 42.6. The van der Waals surface area contributed by atoms with E-state index in [0.717, 1.165) is 32.8 Å². The molecule has 19 heteroatoms. The predicted octanol–water partition coefficient (Wildman–Crippen LogP) is 5.98. The van der Waals surface area contributed by atoms with Crippen LogP contribution >= 0.6 is 11.3 Å². The summed E-state index contributed by atoms with van der Waals surface area (Å²) in [5, 5.41) is 22.0. The number of aryl methyl sites for hydroxylation is 1. The first-order valence-corrected chi connectivity index (χ1v) is 19.7. The molecule has 3 aromatic carbocycles. The van der Waals surface area contributed by atoms with Crippen LogP contribution in [0, 0.1) is 5.82 Å². The van der Waals surface area contributed by atoms with E-state index in [9.17, 15) is 27.5 Å². The van der Waals surface area contributed by atoms with Crippen molar-refractivity contribution in [2.45, 2.75) is 45.3 Å². The Labute approximate surface area is 345 Å². The van der Waals surface area contributed by atoms with Crippen molar-refractivity contribution in [3.8, 4) is 17.2 Å². The highest BCUT2D eigenvalue weighted by Crippen LogP contribution is 2.33. The Bertz CT molecular complexity index is 2520. The Morgan fingerprint density at radius 3 is 2.68 bits per heavy atom. The van der Waals surface area contributed by atoms with Crippen LogP contribution < -0.4 is 30.9 Å². The van der Waals surface area contributed by atoms with Crippen molar-refractivity contribution in [1.82, 2.24) is 24.6 Å². The van der Waals surface area contributed by atoms with Crippen LogP contribution in [0.2, 0.25) is 0 Å². The molecule has 0 bridgehead atoms. The van der Waals surface area contributed by atoms with Gasteiger partial charge in [0.2, 0.25) is 0 Å². The number of ether oxygens (including phenoxy) is 4. The molecule has 4 N–H and O–H groups in total. The fourth-order valence-corrected chi connectivity index (χ4v) is 7.28. The molecule has 14 nitrogen and oxygen atoms in total. The maximum absolute atomic E-state index is 13.7. The molecule has 6 aromatic rings. The molecule has 0 aliphatic carbocycles. The van der Waals surface area contributed by atoms with Gasteiger partial charge in [-0.3, -0.25) is 9.79 Å². The number of hydrazone groups is 1. The van der Waals surface area contributed by atoms with Crippen LogP contribution in [-0.2, 0) is 44.3 Å². The highest BCUT2D eigenvalue weighted by molar-refractivity contribution is 7.19. The van der Waals surface area contributed by atoms with Gasteiger partial charge in [0.1, 0.15) is 40.2 Å². The Balaban J connectivity index is 0.947. The summed E-state index contributed by atoms with van der Waals surface area (Å²) in [7, 11) is 3.41. The Kier molecular flexibility index (Phi) is 14.8. The number of aliphatic hydroxyl groups is 1. The number of thiazole rings is 1. The van der Waals surface area contributed by atoms with Crippen LogP contribution in [0.3, 0.4) is 0 Å². The van der Waals surface area contributed by atoms with Gasteiger partial charge in [-0.15, -0.1) is 11.3 Å². The summed E-state index contributed by atoms with van der Waals surface area (Å²) >= 11 is 1.45. The summed E-state index contributed by atoms with van der Waals surface area (Å²) in [4.78, 5) is 22.6. The number of fused-ring (bicyclic) bond motifs is 3. The number of aromatic nitrogens is 4. The zero-order valence-corrected chi connectivity index (χ0v) is 33.7. The number of alkyl halides is 3. The lowest BCUT2D eigenvalue weighted by atomic mass is 10.1. The minimum Gasteiger partial charge on any atom is -0.497 e. The molecule has 0 aliphatic heterocycles. The number of rotatable bonds is 21. The van der Waals surface area contributed by atoms with Gasteiger partial charge in [0.15, 0.2) is 5.65 Å². The van der Waals surface area contributed by atoms with Crippen LogP contribution in [0.4, 0.5) is 17.6 Å². The van der Waals surface area contributed by atoms with Crippen molar-refractivity contribution in [3.05, 3.63) is 110 Å². The monoisotopic (exact) mass is 852 g/mol. The highest BCUT2D eigenvalue weighted by Gasteiger charge is 2.34. The minimum absolute atomic E-state index is 0.0907. The lowest BCUT2D eigenvalue weighted by Gasteiger charge is -2.15. The molecule has 0 unspecified atom stereocenters. The summed E-state index contributed by atoms with van der Waals surface area (Å²) in [5.74, 6) is 5.89. The van der Waals surface area contributed by atoms with Gasteiger partial charge in [-0.05, 0) is 53.6 Å². The number of nitrogens with one attached hydrogen (secondary N) is 1. The van der Waals surface area contributed by atoms with E-state index in [1.165, 1.54) is 22.1 Å². The number of methoxy groups -OCH3 is 1. The molecule has 0 saturated heterocycles. The Morgan fingerprint density at radius 2 is 1.90 bits per heavy atom. The van der Waals surface area contributed by atoms with E-state index < -0.39 is 17.6 Å². The lowest BCUT2D eigenvalue weighted by molar-refractivity contribution is -0.140. The number of hydrogen-bond acceptors (Lipinski definition) is 13. The summed E-state index contributed by atoms with van der Waals surface area (Å²) in [6, 6.07) is 15.3. The van der Waals surface area contributed by atoms with Gasteiger partial charge in [0.25, 0.3) is 5.56 Å². The quantitative estimate of drug-likeness (QED) is 0.0257. The number of nitrogens with two attached hydrogens (primary N) is 1. The maximum Gasteiger partial charge on any atom is 0.419 e. The average molecular weight is 853 g/mol. The van der Waals surface area contributed by atoms with E-state index in [2.05, 4.69) is 20.5 Å². The van der Waals surface area contributed by atoms with E-state index in [1.54, 1.807) is 42.3 Å². The number of nitrogens with zero attached hydrogens (tertiary/aromatic N) is 6. The molecule has 0 fully saturated rings. The third kappa shape index (κ3) is 11.0. The second-order valence-electron chi connectivity index (χ2n) is 13.5. The summed E-state index contributed by atoms with van der Waals surface area (Å²) in [6.45, 7) is 1.96. The average Bonchev–Trinajstić information content (AvgIpc) is 3.78. The second kappa shape index (κ2) is 20.4. The van der Waals surface area contributed by atoms with Gasteiger partial charge < -0.3 is 39.8 Å². The Morgan fingerprint density at radius 1 is 1.05 bits per heavy atom. The van der Waals surface area contributed by atoms with Gasteiger partial charge in [-0.2, -0.15) is 23.4 Å². The van der Waals surface area contributed by atoms with Gasteiger partial charge in [-0.25, -0.2) is 14.1 Å². The molecule has 3 aromatic heterocycles. The van der Waals surface area contributed by atoms with Crippen molar-refractivity contribution in [2.24, 2.45) is 23.0 Å². The van der Waals surface area contributed by atoms with Crippen molar-refractivity contribution in [3.63, 3.8) is 0 Å². The van der Waals surface area contributed by atoms with Gasteiger partial charge in [0.05, 0.1) is 62.3 Å². The predicted molar refractivity (Wildman–Crippen MR) is 221 cm³/mol. The van der Waals surface area contributed by atoms with Crippen molar-refractivity contribution in [1.29, 1.82) is 0 Å². The fraction of sp³-hybridized carbons (Fsp3) is 0.341. The minimum atomic E-state index is -4.83. The first kappa shape index (κ1) is 43.7. The molecule has 0 aliphatic rings. The molecule has 318 valence electrons. The van der Waals surface area contributed by atoms with Crippen LogP contribution in [0.25, 0.3) is 21.3 Å².